The Morgan fingerprint density at radius 3 is 0.613 bits per heavy atom. The molecule has 1 fully saturated rings. The molecule has 0 aliphatic heterocycles. The molecule has 0 nitrogen and oxygen atoms in total. The molecule has 1 aliphatic rings. The van der Waals surface area contributed by atoms with Crippen LogP contribution in [0.2, 0.25) is 0 Å². The Hall–Kier alpha value is 0.324. The molecule has 0 amide bonds. The van der Waals surface area contributed by atoms with Crippen LogP contribution in [-0.2, 0) is 43.5 Å². The van der Waals surface area contributed by atoms with E-state index in [4.69, 9.17) is 0 Å². The van der Waals surface area contributed by atoms with E-state index >= 15 is 0 Å². The van der Waals surface area contributed by atoms with E-state index in [1.54, 1.807) is 0 Å². The number of benzene rings is 1. The SMILES string of the molecule is C.C.C.CC.CC.CC(C)(C)C(C)(C)C(C)(C)C(C)(C)C.CC(C)(C)C1CCC1C(C)(C)C.CC(C)(C)c1ccccc1C(C)(C)C.C[C-](C)C(C)(C)C.C[C-](C)C(C)(C)C.[Y]. The zero-order valence-electron chi connectivity index (χ0n) is 48.5. The molecule has 1 aromatic carbocycles. The quantitative estimate of drug-likeness (QED) is 0.246. The van der Waals surface area contributed by atoms with E-state index in [-0.39, 0.29) is 65.8 Å². The van der Waals surface area contributed by atoms with Crippen LogP contribution in [0.1, 0.15) is 296 Å². The molecule has 2 rings (SSSR count). The van der Waals surface area contributed by atoms with Gasteiger partial charge in [0.05, 0.1) is 0 Å². The third kappa shape index (κ3) is 30.6. The maximum Gasteiger partial charge on any atom is 0 e. The van der Waals surface area contributed by atoms with Crippen LogP contribution in [0.15, 0.2) is 24.3 Å². The Morgan fingerprint density at radius 1 is 0.371 bits per heavy atom. The van der Waals surface area contributed by atoms with E-state index in [2.05, 4.69) is 246 Å². The van der Waals surface area contributed by atoms with Gasteiger partial charge >= 0.3 is 0 Å². The van der Waals surface area contributed by atoms with Crippen LogP contribution in [0.3, 0.4) is 0 Å². The molecule has 1 heteroatoms. The minimum atomic E-state index is 0. The van der Waals surface area contributed by atoms with Crippen molar-refractivity contribution in [2.24, 2.45) is 55.2 Å². The van der Waals surface area contributed by atoms with Crippen molar-refractivity contribution in [1.82, 2.24) is 0 Å². The summed E-state index contributed by atoms with van der Waals surface area (Å²) in [5.74, 6) is 4.90. The summed E-state index contributed by atoms with van der Waals surface area (Å²) < 4.78 is 0. The Balaban J connectivity index is -0.0000000798. The molecule has 0 saturated heterocycles. The van der Waals surface area contributed by atoms with Gasteiger partial charge in [0.2, 0.25) is 0 Å². The molecule has 0 N–H and O–H groups in total. The summed E-state index contributed by atoms with van der Waals surface area (Å²) in [5, 5.41) is 0. The Labute approximate surface area is 427 Å². The van der Waals surface area contributed by atoms with Crippen LogP contribution in [0.4, 0.5) is 0 Å². The maximum absolute atomic E-state index is 2.40. The molecule has 2 unspecified atom stereocenters. The fourth-order valence-corrected chi connectivity index (χ4v) is 6.24. The standard InChI is InChI=1S/C14H22.C14H30.C12H24.2C7H15.2C2H6.3CH4.Y/c1-13(2,3)11-9-7-8-10-12(11)14(4,5)6;1-11(2,3)13(7,8)14(9,10)12(4,5)6;1-11(2,3)9-7-8-10(9)12(4,5)6;2*1-6(2)7(3,4)5;2*1-2;;;;/h7-10H,1-6H3;1-10H3;9-10H,7-8H2,1-6H3;2*1-5H3;2*1-2H3;3*1H4;/q;;;2*-1;;;;;;. The van der Waals surface area contributed by atoms with Gasteiger partial charge in [-0.2, -0.15) is 38.5 Å². The summed E-state index contributed by atoms with van der Waals surface area (Å²) >= 11 is 0. The molecule has 1 aromatic rings. The van der Waals surface area contributed by atoms with Crippen molar-refractivity contribution in [1.29, 1.82) is 0 Å². The first-order valence-corrected chi connectivity index (χ1v) is 23.8. The van der Waals surface area contributed by atoms with Crippen LogP contribution in [0.25, 0.3) is 0 Å². The average molecular weight is 953 g/mol. The van der Waals surface area contributed by atoms with Gasteiger partial charge in [-0.05, 0) is 79.1 Å². The molecular formula is C61H130Y-2. The van der Waals surface area contributed by atoms with Gasteiger partial charge in [0, 0.05) is 32.7 Å². The van der Waals surface area contributed by atoms with Crippen molar-refractivity contribution in [2.45, 2.75) is 295 Å². The van der Waals surface area contributed by atoms with Gasteiger partial charge in [0.25, 0.3) is 0 Å². The fourth-order valence-electron chi connectivity index (χ4n) is 6.24. The molecule has 1 radical (unpaired) electrons. The summed E-state index contributed by atoms with van der Waals surface area (Å²) in [7, 11) is 0. The summed E-state index contributed by atoms with van der Waals surface area (Å²) in [6.45, 7) is 81.7. The fraction of sp³-hybridized carbons (Fsp3) is 0.869. The normalized spacial score (nSPS) is 15.7. The van der Waals surface area contributed by atoms with Gasteiger partial charge < -0.3 is 11.8 Å². The van der Waals surface area contributed by atoms with Crippen molar-refractivity contribution >= 4 is 0 Å². The number of hydrogen-bond donors (Lipinski definition) is 0. The molecular weight excluding hydrogens is 822 g/mol. The van der Waals surface area contributed by atoms with Gasteiger partial charge in [-0.15, -0.1) is 0 Å². The van der Waals surface area contributed by atoms with Crippen LogP contribution < -0.4 is 0 Å². The van der Waals surface area contributed by atoms with Crippen molar-refractivity contribution in [2.75, 3.05) is 0 Å². The van der Waals surface area contributed by atoms with Crippen LogP contribution >= 0.6 is 0 Å². The topological polar surface area (TPSA) is 0 Å². The molecule has 1 aliphatic carbocycles. The van der Waals surface area contributed by atoms with E-state index in [1.807, 2.05) is 27.7 Å². The Bertz CT molecular complexity index is 1070. The third-order valence-corrected chi connectivity index (χ3v) is 14.4. The molecule has 0 bridgehead atoms. The van der Waals surface area contributed by atoms with Gasteiger partial charge in [0.15, 0.2) is 0 Å². The monoisotopic (exact) mass is 952 g/mol. The van der Waals surface area contributed by atoms with Gasteiger partial charge in [-0.1, -0.05) is 268 Å². The van der Waals surface area contributed by atoms with E-state index in [1.165, 1.54) is 35.8 Å². The van der Waals surface area contributed by atoms with Crippen molar-refractivity contribution in [3.05, 3.63) is 47.2 Å². The smallest absolute Gasteiger partial charge is 0 e. The summed E-state index contributed by atoms with van der Waals surface area (Å²) in [6.07, 6.45) is 2.90. The zero-order chi connectivity index (χ0) is 48.7. The molecule has 1 saturated carbocycles. The largest absolute Gasteiger partial charge is 0.314 e. The molecule has 62 heavy (non-hydrogen) atoms. The Kier molecular flexibility index (Phi) is 41.7. The van der Waals surface area contributed by atoms with Gasteiger partial charge in [-0.3, -0.25) is 0 Å². The van der Waals surface area contributed by atoms with E-state index in [0.717, 1.165) is 11.8 Å². The van der Waals surface area contributed by atoms with Crippen LogP contribution in [-0.4, -0.2) is 0 Å². The van der Waals surface area contributed by atoms with Crippen molar-refractivity contribution < 1.29 is 32.7 Å². The van der Waals surface area contributed by atoms with Crippen molar-refractivity contribution in [3.63, 3.8) is 0 Å². The van der Waals surface area contributed by atoms with Gasteiger partial charge in [0.1, 0.15) is 0 Å². The predicted octanol–water partition coefficient (Wildman–Crippen LogP) is 22.8. The van der Waals surface area contributed by atoms with Crippen molar-refractivity contribution in [3.8, 4) is 0 Å². The second kappa shape index (κ2) is 31.4. The summed E-state index contributed by atoms with van der Waals surface area (Å²) in [5.41, 5.74) is 6.60. The Morgan fingerprint density at radius 2 is 0.532 bits per heavy atom. The van der Waals surface area contributed by atoms with Gasteiger partial charge in [-0.25, -0.2) is 0 Å². The number of hydrogen-bond acceptors (Lipinski definition) is 0. The second-order valence-electron chi connectivity index (χ2n) is 26.8. The first-order chi connectivity index (χ1) is 25.1. The first-order valence-electron chi connectivity index (χ1n) is 23.8. The molecule has 0 aromatic heterocycles. The summed E-state index contributed by atoms with van der Waals surface area (Å²) in [4.78, 5) is 0. The minimum absolute atomic E-state index is 0. The van der Waals surface area contributed by atoms with Crippen LogP contribution in [0.5, 0.6) is 0 Å². The predicted molar refractivity (Wildman–Crippen MR) is 296 cm³/mol. The average Bonchev–Trinajstić information content (AvgIpc) is 2.95. The molecule has 0 spiro atoms. The molecule has 0 heterocycles. The van der Waals surface area contributed by atoms with E-state index in [9.17, 15) is 0 Å². The van der Waals surface area contributed by atoms with E-state index in [0.29, 0.717) is 43.3 Å². The molecule has 379 valence electrons. The first kappa shape index (κ1) is 82.4. The third-order valence-electron chi connectivity index (χ3n) is 14.4. The maximum atomic E-state index is 2.40. The second-order valence-corrected chi connectivity index (χ2v) is 26.8. The van der Waals surface area contributed by atoms with E-state index < -0.39 is 0 Å². The minimum Gasteiger partial charge on any atom is -0.314 e. The number of rotatable bonds is 1. The van der Waals surface area contributed by atoms with Crippen LogP contribution in [0, 0.1) is 67.0 Å². The molecule has 2 atom stereocenters. The summed E-state index contributed by atoms with van der Waals surface area (Å²) in [6, 6.07) is 8.77. The zero-order valence-corrected chi connectivity index (χ0v) is 51.3.